The molecule has 16 heavy (non-hydrogen) atoms. The molecule has 0 aliphatic heterocycles. The molecule has 0 aliphatic rings. The van der Waals surface area contributed by atoms with Crippen LogP contribution in [0.25, 0.3) is 11.3 Å². The number of benzene rings is 1. The van der Waals surface area contributed by atoms with Crippen LogP contribution in [0.3, 0.4) is 0 Å². The van der Waals surface area contributed by atoms with E-state index in [1.807, 2.05) is 24.4 Å². The molecule has 0 unspecified atom stereocenters. The molecular formula is C13H15B2N. The van der Waals surface area contributed by atoms with Crippen LogP contribution in [0.5, 0.6) is 0 Å². The average molecular weight is 207 g/mol. The molecule has 78 valence electrons. The van der Waals surface area contributed by atoms with E-state index in [2.05, 4.69) is 51.9 Å². The van der Waals surface area contributed by atoms with Gasteiger partial charge in [0.05, 0.1) is 5.69 Å². The fraction of sp³-hybridized carbons (Fsp3) is 0.154. The van der Waals surface area contributed by atoms with Gasteiger partial charge in [0.1, 0.15) is 15.7 Å². The molecule has 0 bridgehead atoms. The van der Waals surface area contributed by atoms with Crippen molar-refractivity contribution < 1.29 is 0 Å². The first-order valence-electron chi connectivity index (χ1n) is 5.59. The summed E-state index contributed by atoms with van der Waals surface area (Å²) in [6, 6.07) is 14.6. The van der Waals surface area contributed by atoms with Gasteiger partial charge in [-0.3, -0.25) is 4.98 Å². The van der Waals surface area contributed by atoms with Crippen LogP contribution in [0.4, 0.5) is 0 Å². The quantitative estimate of drug-likeness (QED) is 0.673. The molecule has 1 aromatic carbocycles. The minimum Gasteiger partial charge on any atom is -0.256 e. The van der Waals surface area contributed by atoms with Crippen molar-refractivity contribution in [3.8, 4) is 11.3 Å². The molecule has 1 nitrogen and oxygen atoms in total. The molecule has 3 heteroatoms. The van der Waals surface area contributed by atoms with Gasteiger partial charge in [-0.2, -0.15) is 0 Å². The first-order valence-corrected chi connectivity index (χ1v) is 5.59. The highest BCUT2D eigenvalue weighted by Gasteiger charge is 2.14. The van der Waals surface area contributed by atoms with Crippen LogP contribution >= 0.6 is 0 Å². The summed E-state index contributed by atoms with van der Waals surface area (Å²) in [6.07, 6.45) is 1.89. The molecule has 0 saturated heterocycles. The SMILES string of the molecule is BC(B)(C)c1ccnc(-c2ccccc2)c1. The Morgan fingerprint density at radius 1 is 1.06 bits per heavy atom. The monoisotopic (exact) mass is 207 g/mol. The third-order valence-corrected chi connectivity index (χ3v) is 2.70. The van der Waals surface area contributed by atoms with Crippen molar-refractivity contribution in [1.82, 2.24) is 4.98 Å². The highest BCUT2D eigenvalue weighted by Crippen LogP contribution is 2.22. The lowest BCUT2D eigenvalue weighted by atomic mass is 9.52. The van der Waals surface area contributed by atoms with E-state index in [1.54, 1.807) is 0 Å². The molecule has 0 saturated carbocycles. The van der Waals surface area contributed by atoms with Crippen LogP contribution in [0.15, 0.2) is 48.7 Å². The largest absolute Gasteiger partial charge is 0.256 e. The van der Waals surface area contributed by atoms with Crippen molar-refractivity contribution >= 4 is 15.7 Å². The molecule has 1 aromatic heterocycles. The molecule has 0 atom stereocenters. The van der Waals surface area contributed by atoms with Crippen LogP contribution < -0.4 is 0 Å². The van der Waals surface area contributed by atoms with E-state index in [1.165, 1.54) is 11.1 Å². The maximum Gasteiger partial charge on any atom is 0.104 e. The summed E-state index contributed by atoms with van der Waals surface area (Å²) in [7, 11) is 4.44. The molecular weight excluding hydrogens is 192 g/mol. The number of hydrogen-bond acceptors (Lipinski definition) is 1. The van der Waals surface area contributed by atoms with Gasteiger partial charge >= 0.3 is 0 Å². The molecule has 2 aromatic rings. The zero-order valence-electron chi connectivity index (χ0n) is 10.1. The van der Waals surface area contributed by atoms with Gasteiger partial charge in [-0.15, -0.1) is 0 Å². The van der Waals surface area contributed by atoms with Gasteiger partial charge in [0.2, 0.25) is 0 Å². The van der Waals surface area contributed by atoms with Crippen LogP contribution in [0.1, 0.15) is 12.5 Å². The molecule has 0 radical (unpaired) electrons. The predicted molar refractivity (Wildman–Crippen MR) is 74.1 cm³/mol. The normalized spacial score (nSPS) is 11.3. The lowest BCUT2D eigenvalue weighted by Gasteiger charge is -2.19. The van der Waals surface area contributed by atoms with Crippen LogP contribution in [-0.4, -0.2) is 20.7 Å². The van der Waals surface area contributed by atoms with Crippen molar-refractivity contribution in [2.45, 2.75) is 12.1 Å². The molecule has 0 fully saturated rings. The van der Waals surface area contributed by atoms with Crippen molar-refractivity contribution in [1.29, 1.82) is 0 Å². The zero-order chi connectivity index (χ0) is 11.6. The molecule has 0 amide bonds. The summed E-state index contributed by atoms with van der Waals surface area (Å²) in [4.78, 5) is 4.42. The van der Waals surface area contributed by atoms with Gasteiger partial charge in [0.15, 0.2) is 0 Å². The minimum atomic E-state index is 0.173. The fourth-order valence-electron chi connectivity index (χ4n) is 1.66. The summed E-state index contributed by atoms with van der Waals surface area (Å²) in [5.74, 6) is 0. The smallest absolute Gasteiger partial charge is 0.104 e. The highest BCUT2D eigenvalue weighted by molar-refractivity contribution is 6.39. The Morgan fingerprint density at radius 2 is 1.75 bits per heavy atom. The molecule has 0 aliphatic carbocycles. The second kappa shape index (κ2) is 4.17. The van der Waals surface area contributed by atoms with Gasteiger partial charge in [-0.25, -0.2) is 0 Å². The topological polar surface area (TPSA) is 12.9 Å². The Balaban J connectivity index is 2.45. The van der Waals surface area contributed by atoms with E-state index in [0.717, 1.165) is 5.69 Å². The number of pyridine rings is 1. The lowest BCUT2D eigenvalue weighted by molar-refractivity contribution is 0.966. The Hall–Kier alpha value is -1.50. The molecule has 1 heterocycles. The van der Waals surface area contributed by atoms with E-state index in [4.69, 9.17) is 0 Å². The summed E-state index contributed by atoms with van der Waals surface area (Å²) < 4.78 is 0. The van der Waals surface area contributed by atoms with Crippen LogP contribution in [0, 0.1) is 0 Å². The highest BCUT2D eigenvalue weighted by atomic mass is 14.7. The second-order valence-corrected chi connectivity index (χ2v) is 5.05. The van der Waals surface area contributed by atoms with Gasteiger partial charge < -0.3 is 0 Å². The van der Waals surface area contributed by atoms with E-state index in [0.29, 0.717) is 0 Å². The van der Waals surface area contributed by atoms with Crippen molar-refractivity contribution in [3.63, 3.8) is 0 Å². The van der Waals surface area contributed by atoms with E-state index < -0.39 is 0 Å². The van der Waals surface area contributed by atoms with Gasteiger partial charge in [-0.05, 0) is 12.1 Å². The maximum absolute atomic E-state index is 4.42. The average Bonchev–Trinajstić information content (AvgIpc) is 2.29. The van der Waals surface area contributed by atoms with Crippen molar-refractivity contribution in [3.05, 3.63) is 54.2 Å². The van der Waals surface area contributed by atoms with Crippen molar-refractivity contribution in [2.24, 2.45) is 0 Å². The van der Waals surface area contributed by atoms with Gasteiger partial charge in [0.25, 0.3) is 0 Å². The van der Waals surface area contributed by atoms with Crippen LogP contribution in [-0.2, 0) is 5.21 Å². The Morgan fingerprint density at radius 3 is 2.38 bits per heavy atom. The van der Waals surface area contributed by atoms with Gasteiger partial charge in [-0.1, -0.05) is 48.0 Å². The predicted octanol–water partition coefficient (Wildman–Crippen LogP) is 1.19. The standard InChI is InChI=1S/C13H15B2N/c1-13(14,15)11-7-8-16-12(9-11)10-5-3-2-4-6-10/h2-9H,14-15H2,1H3. The fourth-order valence-corrected chi connectivity index (χ4v) is 1.66. The Bertz CT molecular complexity index is 475. The summed E-state index contributed by atoms with van der Waals surface area (Å²) in [5, 5.41) is 0.173. The van der Waals surface area contributed by atoms with Crippen molar-refractivity contribution in [2.75, 3.05) is 0 Å². The number of aromatic nitrogens is 1. The van der Waals surface area contributed by atoms with E-state index in [9.17, 15) is 0 Å². The zero-order valence-corrected chi connectivity index (χ0v) is 10.1. The van der Waals surface area contributed by atoms with Gasteiger partial charge in [0, 0.05) is 11.8 Å². The minimum absolute atomic E-state index is 0.173. The van der Waals surface area contributed by atoms with E-state index >= 15 is 0 Å². The summed E-state index contributed by atoms with van der Waals surface area (Å²) in [6.45, 7) is 2.22. The maximum atomic E-state index is 4.42. The van der Waals surface area contributed by atoms with Crippen LogP contribution in [0.2, 0.25) is 0 Å². The molecule has 0 spiro atoms. The first-order chi connectivity index (χ1) is 7.57. The summed E-state index contributed by atoms with van der Waals surface area (Å²) in [5.41, 5.74) is 3.54. The molecule has 2 rings (SSSR count). The Kier molecular flexibility index (Phi) is 2.86. The van der Waals surface area contributed by atoms with E-state index in [-0.39, 0.29) is 5.21 Å². The third-order valence-electron chi connectivity index (χ3n) is 2.70. The number of hydrogen-bond donors (Lipinski definition) is 0. The third kappa shape index (κ3) is 2.35. The number of nitrogens with zero attached hydrogens (tertiary/aromatic N) is 1. The second-order valence-electron chi connectivity index (χ2n) is 5.05. The summed E-state index contributed by atoms with van der Waals surface area (Å²) >= 11 is 0. The molecule has 0 N–H and O–H groups in total. The Labute approximate surface area is 98.7 Å². The first kappa shape index (κ1) is 11.0. The number of rotatable bonds is 2. The lowest BCUT2D eigenvalue weighted by Crippen LogP contribution is -2.21.